The van der Waals surface area contributed by atoms with E-state index in [1.807, 2.05) is 0 Å². The molecule has 1 nitrogen and oxygen atoms in total. The molecule has 0 heterocycles. The molecular weight excluding hydrogens is 158 g/mol. The molecule has 0 aliphatic rings. The summed E-state index contributed by atoms with van der Waals surface area (Å²) in [5.74, 6) is 0. The summed E-state index contributed by atoms with van der Waals surface area (Å²) in [7, 11) is 0. The second kappa shape index (κ2) is 3.15. The third kappa shape index (κ3) is 2.10. The van der Waals surface area contributed by atoms with Gasteiger partial charge in [-0.1, -0.05) is 17.7 Å². The van der Waals surface area contributed by atoms with Gasteiger partial charge in [-0.15, -0.1) is 0 Å². The lowest BCUT2D eigenvalue weighted by Gasteiger charge is -2.24. The van der Waals surface area contributed by atoms with E-state index >= 15 is 0 Å². The van der Waals surface area contributed by atoms with Gasteiger partial charge in [0.25, 0.3) is 0 Å². The van der Waals surface area contributed by atoms with Gasteiger partial charge in [-0.2, -0.15) is 0 Å². The molecule has 0 amide bonds. The molecule has 1 rings (SSSR count). The van der Waals surface area contributed by atoms with Crippen molar-refractivity contribution in [1.29, 1.82) is 0 Å². The Morgan fingerprint density at radius 3 is 1.69 bits per heavy atom. The summed E-state index contributed by atoms with van der Waals surface area (Å²) >= 11 is 0. The second-order valence-corrected chi connectivity index (χ2v) is 4.50. The molecule has 0 saturated heterocycles. The molecule has 13 heavy (non-hydrogen) atoms. The van der Waals surface area contributed by atoms with Gasteiger partial charge in [0.2, 0.25) is 0 Å². The van der Waals surface area contributed by atoms with Crippen LogP contribution in [0.1, 0.15) is 36.1 Å². The summed E-state index contributed by atoms with van der Waals surface area (Å²) in [6.45, 7) is 10.5. The molecule has 0 saturated carbocycles. The summed E-state index contributed by atoms with van der Waals surface area (Å²) in [6, 6.07) is 4.38. The highest BCUT2D eigenvalue weighted by Gasteiger charge is 2.18. The number of aryl methyl sites for hydroxylation is 3. The first-order chi connectivity index (χ1) is 5.82. The molecule has 0 aliphatic heterocycles. The lowest BCUT2D eigenvalue weighted by Crippen LogP contribution is -2.30. The Kier molecular flexibility index (Phi) is 2.49. The topological polar surface area (TPSA) is 26.0 Å². The Morgan fingerprint density at radius 1 is 1.00 bits per heavy atom. The highest BCUT2D eigenvalue weighted by Crippen LogP contribution is 2.25. The van der Waals surface area contributed by atoms with Crippen LogP contribution >= 0.6 is 0 Å². The molecule has 1 aromatic carbocycles. The zero-order valence-corrected chi connectivity index (χ0v) is 9.23. The minimum atomic E-state index is -0.234. The third-order valence-electron chi connectivity index (χ3n) is 2.32. The maximum atomic E-state index is 6.11. The Hall–Kier alpha value is -0.820. The average Bonchev–Trinajstić information content (AvgIpc) is 1.78. The van der Waals surface area contributed by atoms with E-state index in [1.165, 1.54) is 22.3 Å². The van der Waals surface area contributed by atoms with Gasteiger partial charge in [0.15, 0.2) is 0 Å². The van der Waals surface area contributed by atoms with Crippen LogP contribution in [0.25, 0.3) is 0 Å². The molecule has 0 bridgehead atoms. The molecule has 2 N–H and O–H groups in total. The molecule has 72 valence electrons. The summed E-state index contributed by atoms with van der Waals surface area (Å²) in [5, 5.41) is 0. The molecule has 0 atom stereocenters. The van der Waals surface area contributed by atoms with Crippen LogP contribution in [-0.2, 0) is 5.54 Å². The van der Waals surface area contributed by atoms with Crippen LogP contribution in [0.15, 0.2) is 12.1 Å². The van der Waals surface area contributed by atoms with E-state index in [1.54, 1.807) is 0 Å². The fraction of sp³-hybridized carbons (Fsp3) is 0.500. The van der Waals surface area contributed by atoms with Crippen molar-refractivity contribution in [1.82, 2.24) is 0 Å². The molecule has 0 aromatic heterocycles. The summed E-state index contributed by atoms with van der Waals surface area (Å²) in [6.07, 6.45) is 0. The standard InChI is InChI=1S/C12H19N/c1-8-6-9(2)11(10(3)7-8)12(4,5)13/h6-7H,13H2,1-5H3. The fourth-order valence-corrected chi connectivity index (χ4v) is 2.20. The Labute approximate surface area is 81.0 Å². The van der Waals surface area contributed by atoms with Crippen molar-refractivity contribution in [3.63, 3.8) is 0 Å². The number of hydrogen-bond donors (Lipinski definition) is 1. The van der Waals surface area contributed by atoms with E-state index in [4.69, 9.17) is 5.73 Å². The molecule has 0 fully saturated rings. The normalized spacial score (nSPS) is 11.8. The quantitative estimate of drug-likeness (QED) is 0.701. The van der Waals surface area contributed by atoms with Gasteiger partial charge in [0, 0.05) is 5.54 Å². The minimum absolute atomic E-state index is 0.234. The predicted molar refractivity (Wildman–Crippen MR) is 57.9 cm³/mol. The first-order valence-corrected chi connectivity index (χ1v) is 4.69. The first kappa shape index (κ1) is 10.3. The van der Waals surface area contributed by atoms with Crippen LogP contribution in [0.4, 0.5) is 0 Å². The number of nitrogens with two attached hydrogens (primary N) is 1. The van der Waals surface area contributed by atoms with Gasteiger partial charge in [-0.25, -0.2) is 0 Å². The molecular formula is C12H19N. The van der Waals surface area contributed by atoms with Crippen molar-refractivity contribution in [2.45, 2.75) is 40.2 Å². The number of rotatable bonds is 1. The van der Waals surface area contributed by atoms with E-state index in [-0.39, 0.29) is 5.54 Å². The molecule has 0 aliphatic carbocycles. The third-order valence-corrected chi connectivity index (χ3v) is 2.32. The zero-order valence-electron chi connectivity index (χ0n) is 9.23. The van der Waals surface area contributed by atoms with E-state index < -0.39 is 0 Å². The highest BCUT2D eigenvalue weighted by molar-refractivity contribution is 5.41. The van der Waals surface area contributed by atoms with Crippen molar-refractivity contribution in [2.24, 2.45) is 5.73 Å². The zero-order chi connectivity index (χ0) is 10.2. The monoisotopic (exact) mass is 177 g/mol. The predicted octanol–water partition coefficient (Wildman–Crippen LogP) is 2.81. The van der Waals surface area contributed by atoms with Crippen LogP contribution in [0.3, 0.4) is 0 Å². The van der Waals surface area contributed by atoms with Gasteiger partial charge in [-0.05, 0) is 51.3 Å². The largest absolute Gasteiger partial charge is 0.322 e. The Morgan fingerprint density at radius 2 is 1.38 bits per heavy atom. The van der Waals surface area contributed by atoms with Crippen molar-refractivity contribution in [3.05, 3.63) is 34.4 Å². The van der Waals surface area contributed by atoms with E-state index in [0.717, 1.165) is 0 Å². The van der Waals surface area contributed by atoms with Crippen molar-refractivity contribution in [2.75, 3.05) is 0 Å². The molecule has 0 spiro atoms. The molecule has 0 unspecified atom stereocenters. The van der Waals surface area contributed by atoms with Crippen LogP contribution in [0.5, 0.6) is 0 Å². The SMILES string of the molecule is Cc1cc(C)c(C(C)(C)N)c(C)c1. The summed E-state index contributed by atoms with van der Waals surface area (Å²) < 4.78 is 0. The van der Waals surface area contributed by atoms with E-state index in [0.29, 0.717) is 0 Å². The van der Waals surface area contributed by atoms with Crippen LogP contribution in [0.2, 0.25) is 0 Å². The van der Waals surface area contributed by atoms with Crippen molar-refractivity contribution >= 4 is 0 Å². The van der Waals surface area contributed by atoms with Gasteiger partial charge >= 0.3 is 0 Å². The van der Waals surface area contributed by atoms with Gasteiger partial charge in [0.1, 0.15) is 0 Å². The van der Waals surface area contributed by atoms with Gasteiger partial charge in [-0.3, -0.25) is 0 Å². The van der Waals surface area contributed by atoms with Crippen LogP contribution < -0.4 is 5.73 Å². The molecule has 1 aromatic rings. The lowest BCUT2D eigenvalue weighted by atomic mass is 9.87. The minimum Gasteiger partial charge on any atom is -0.322 e. The second-order valence-electron chi connectivity index (χ2n) is 4.50. The lowest BCUT2D eigenvalue weighted by molar-refractivity contribution is 0.547. The average molecular weight is 177 g/mol. The maximum Gasteiger partial charge on any atom is 0.0357 e. The van der Waals surface area contributed by atoms with E-state index in [2.05, 4.69) is 46.8 Å². The van der Waals surface area contributed by atoms with Crippen molar-refractivity contribution in [3.8, 4) is 0 Å². The number of benzene rings is 1. The molecule has 1 heteroatoms. The molecule has 0 radical (unpaired) electrons. The first-order valence-electron chi connectivity index (χ1n) is 4.69. The summed E-state index contributed by atoms with van der Waals surface area (Å²) in [5.41, 5.74) is 11.1. The van der Waals surface area contributed by atoms with Crippen LogP contribution in [-0.4, -0.2) is 0 Å². The van der Waals surface area contributed by atoms with Gasteiger partial charge in [0.05, 0.1) is 0 Å². The van der Waals surface area contributed by atoms with Gasteiger partial charge < -0.3 is 5.73 Å². The Balaban J connectivity index is 3.38. The number of hydrogen-bond acceptors (Lipinski definition) is 1. The Bertz CT molecular complexity index is 295. The fourth-order valence-electron chi connectivity index (χ4n) is 2.20. The van der Waals surface area contributed by atoms with Crippen molar-refractivity contribution < 1.29 is 0 Å². The van der Waals surface area contributed by atoms with E-state index in [9.17, 15) is 0 Å². The maximum absolute atomic E-state index is 6.11. The highest BCUT2D eigenvalue weighted by atomic mass is 14.7. The summed E-state index contributed by atoms with van der Waals surface area (Å²) in [4.78, 5) is 0. The van der Waals surface area contributed by atoms with Crippen LogP contribution in [0, 0.1) is 20.8 Å². The smallest absolute Gasteiger partial charge is 0.0357 e.